The molecule has 5 rings (SSSR count). The van der Waals surface area contributed by atoms with Crippen LogP contribution in [0, 0.1) is 5.41 Å². The molecule has 43 heavy (non-hydrogen) atoms. The average molecular weight is 609 g/mol. The number of amides is 2. The van der Waals surface area contributed by atoms with Crippen molar-refractivity contribution < 1.29 is 23.9 Å². The zero-order valence-electron chi connectivity index (χ0n) is 26.0. The third-order valence-corrected chi connectivity index (χ3v) is 9.65. The molecule has 0 bridgehead atoms. The minimum absolute atomic E-state index is 0.0555. The number of carbonyl (C=O) groups is 3. The fraction of sp³-hybridized carbons (Fsp3) is 0.576. The van der Waals surface area contributed by atoms with Gasteiger partial charge in [0.05, 0.1) is 17.5 Å². The number of esters is 1. The molecule has 9 nitrogen and oxygen atoms in total. The van der Waals surface area contributed by atoms with Gasteiger partial charge in [0.15, 0.2) is 0 Å². The van der Waals surface area contributed by atoms with Crippen LogP contribution in [-0.4, -0.2) is 77.9 Å². The van der Waals surface area contributed by atoms with Gasteiger partial charge in [0.25, 0.3) is 5.91 Å². The number of piperidine rings is 2. The first kappa shape index (κ1) is 31.2. The highest BCUT2D eigenvalue weighted by molar-refractivity contribution is 7.20. The van der Waals surface area contributed by atoms with Gasteiger partial charge in [-0.1, -0.05) is 24.3 Å². The van der Waals surface area contributed by atoms with Gasteiger partial charge < -0.3 is 14.4 Å². The molecule has 0 aliphatic carbocycles. The molecule has 3 fully saturated rings. The molecule has 2 aromatic rings. The van der Waals surface area contributed by atoms with Crippen molar-refractivity contribution in [3.63, 3.8) is 0 Å². The zero-order chi connectivity index (χ0) is 31.0. The van der Waals surface area contributed by atoms with E-state index in [1.807, 2.05) is 69.9 Å². The third-order valence-electron chi connectivity index (χ3n) is 8.55. The number of aliphatic imine (C=N–C) groups is 1. The number of cyclic esters (lactones) is 1. The molecule has 10 heteroatoms. The molecule has 0 saturated carbocycles. The molecule has 1 atom stereocenters. The first-order valence-electron chi connectivity index (χ1n) is 15.2. The topological polar surface area (TPSA) is 101 Å². The molecule has 3 aliphatic heterocycles. The Labute approximate surface area is 258 Å². The minimum Gasteiger partial charge on any atom is -0.459 e. The summed E-state index contributed by atoms with van der Waals surface area (Å²) < 4.78 is 11.2. The number of carbonyl (C=O) groups excluding carboxylic acids is 3. The number of hydrogen-bond acceptors (Lipinski definition) is 8. The van der Waals surface area contributed by atoms with Gasteiger partial charge in [-0.2, -0.15) is 0 Å². The van der Waals surface area contributed by atoms with Crippen molar-refractivity contribution in [3.8, 4) is 10.4 Å². The molecule has 3 aliphatic rings. The number of anilines is 1. The van der Waals surface area contributed by atoms with Crippen LogP contribution in [0.5, 0.6) is 0 Å². The fourth-order valence-electron chi connectivity index (χ4n) is 6.76. The summed E-state index contributed by atoms with van der Waals surface area (Å²) in [5, 5.41) is 3.32. The standard InChI is InChI=1S/C33H44N4O5S/c1-31(2,3)42-30(40)35-27-25(18-26(43-27)23-10-8-22(9-11-23)19-34-6)28(38)36-16-12-24(13-17-36)37-15-7-14-33(21-37)20-32(4,5)41-29(33)39/h8-11,18,24H,6-7,12-17,19-21H2,1-5H3,(H,35,40). The zero-order valence-corrected chi connectivity index (χ0v) is 26.8. The number of rotatable bonds is 6. The lowest BCUT2D eigenvalue weighted by Gasteiger charge is -2.44. The Bertz CT molecular complexity index is 1370. The number of benzene rings is 1. The van der Waals surface area contributed by atoms with Crippen LogP contribution in [0.4, 0.5) is 9.80 Å². The van der Waals surface area contributed by atoms with Gasteiger partial charge in [-0.15, -0.1) is 11.3 Å². The highest BCUT2D eigenvalue weighted by atomic mass is 32.1. The number of likely N-dealkylation sites (tertiary alicyclic amines) is 2. The largest absolute Gasteiger partial charge is 0.459 e. The van der Waals surface area contributed by atoms with E-state index in [1.54, 1.807) is 0 Å². The van der Waals surface area contributed by atoms with E-state index in [4.69, 9.17) is 9.47 Å². The van der Waals surface area contributed by atoms with E-state index in [9.17, 15) is 14.4 Å². The van der Waals surface area contributed by atoms with Crippen LogP contribution in [0.25, 0.3) is 10.4 Å². The summed E-state index contributed by atoms with van der Waals surface area (Å²) in [4.78, 5) is 48.7. The molecule has 1 N–H and O–H groups in total. The average Bonchev–Trinajstić information content (AvgIpc) is 3.44. The maximum Gasteiger partial charge on any atom is 0.412 e. The van der Waals surface area contributed by atoms with Crippen molar-refractivity contribution in [1.29, 1.82) is 0 Å². The normalized spacial score (nSPS) is 22.8. The van der Waals surface area contributed by atoms with E-state index in [1.165, 1.54) is 11.3 Å². The summed E-state index contributed by atoms with van der Waals surface area (Å²) in [6.45, 7) is 16.4. The van der Waals surface area contributed by atoms with Gasteiger partial charge in [0, 0.05) is 37.0 Å². The third kappa shape index (κ3) is 7.12. The Hall–Kier alpha value is -3.24. The van der Waals surface area contributed by atoms with E-state index in [-0.39, 0.29) is 11.9 Å². The summed E-state index contributed by atoms with van der Waals surface area (Å²) in [5.74, 6) is -0.157. The van der Waals surface area contributed by atoms with Gasteiger partial charge in [-0.25, -0.2) is 4.79 Å². The van der Waals surface area contributed by atoms with Crippen molar-refractivity contribution in [2.24, 2.45) is 10.4 Å². The van der Waals surface area contributed by atoms with Gasteiger partial charge >= 0.3 is 12.1 Å². The molecular weight excluding hydrogens is 564 g/mol. The maximum absolute atomic E-state index is 13.9. The first-order valence-corrected chi connectivity index (χ1v) is 16.0. The SMILES string of the molecule is C=NCc1ccc(-c2cc(C(=O)N3CCC(N4CCCC5(C4)CC(C)(C)OC5=O)CC3)c(NC(=O)OC(C)(C)C)s2)cc1. The summed E-state index contributed by atoms with van der Waals surface area (Å²) >= 11 is 1.37. The lowest BCUT2D eigenvalue weighted by molar-refractivity contribution is -0.154. The van der Waals surface area contributed by atoms with Crippen LogP contribution in [0.2, 0.25) is 0 Å². The van der Waals surface area contributed by atoms with Gasteiger partial charge in [-0.3, -0.25) is 24.8 Å². The molecule has 1 unspecified atom stereocenters. The van der Waals surface area contributed by atoms with Gasteiger partial charge in [-0.05, 0) is 90.8 Å². The molecule has 1 spiro atoms. The second-order valence-electron chi connectivity index (χ2n) is 13.8. The Kier molecular flexibility index (Phi) is 8.73. The highest BCUT2D eigenvalue weighted by Gasteiger charge is 2.54. The van der Waals surface area contributed by atoms with Crippen LogP contribution in [0.15, 0.2) is 35.3 Å². The predicted octanol–water partition coefficient (Wildman–Crippen LogP) is 6.38. The Morgan fingerprint density at radius 3 is 2.47 bits per heavy atom. The number of thiophene rings is 1. The monoisotopic (exact) mass is 608 g/mol. The second kappa shape index (κ2) is 12.0. The summed E-state index contributed by atoms with van der Waals surface area (Å²) in [5.41, 5.74) is 0.984. The van der Waals surface area contributed by atoms with Crippen molar-refractivity contribution >= 4 is 41.0 Å². The summed E-state index contributed by atoms with van der Waals surface area (Å²) in [7, 11) is 0. The summed E-state index contributed by atoms with van der Waals surface area (Å²) in [6.07, 6.45) is 3.70. The molecule has 1 aromatic heterocycles. The quantitative estimate of drug-likeness (QED) is 0.302. The Morgan fingerprint density at radius 2 is 1.86 bits per heavy atom. The molecule has 4 heterocycles. The fourth-order valence-corrected chi connectivity index (χ4v) is 7.80. The van der Waals surface area contributed by atoms with E-state index in [0.717, 1.165) is 61.2 Å². The molecular formula is C33H44N4O5S. The maximum atomic E-state index is 13.9. The van der Waals surface area contributed by atoms with Crippen molar-refractivity contribution in [2.45, 2.75) is 90.5 Å². The molecule has 1 aromatic carbocycles. The van der Waals surface area contributed by atoms with Crippen LogP contribution in [0.3, 0.4) is 0 Å². The molecule has 232 valence electrons. The van der Waals surface area contributed by atoms with Crippen molar-refractivity contribution in [3.05, 3.63) is 41.5 Å². The van der Waals surface area contributed by atoms with Crippen LogP contribution in [-0.2, 0) is 20.8 Å². The smallest absolute Gasteiger partial charge is 0.412 e. The van der Waals surface area contributed by atoms with Gasteiger partial charge in [0.1, 0.15) is 16.2 Å². The number of ether oxygens (including phenoxy) is 2. The van der Waals surface area contributed by atoms with E-state index < -0.39 is 22.7 Å². The van der Waals surface area contributed by atoms with E-state index in [0.29, 0.717) is 36.2 Å². The van der Waals surface area contributed by atoms with E-state index in [2.05, 4.69) is 21.9 Å². The number of hydrogen-bond donors (Lipinski definition) is 1. The van der Waals surface area contributed by atoms with Crippen molar-refractivity contribution in [1.82, 2.24) is 9.80 Å². The molecule has 3 saturated heterocycles. The number of nitrogens with one attached hydrogen (secondary N) is 1. The lowest BCUT2D eigenvalue weighted by Crippen LogP contribution is -2.53. The van der Waals surface area contributed by atoms with Crippen LogP contribution in [0.1, 0.15) is 82.6 Å². The lowest BCUT2D eigenvalue weighted by atomic mass is 9.74. The van der Waals surface area contributed by atoms with Crippen LogP contribution >= 0.6 is 11.3 Å². The molecule has 0 radical (unpaired) electrons. The van der Waals surface area contributed by atoms with Crippen LogP contribution < -0.4 is 5.32 Å². The second-order valence-corrected chi connectivity index (χ2v) is 14.8. The number of nitrogens with zero attached hydrogens (tertiary/aromatic N) is 3. The first-order chi connectivity index (χ1) is 20.3. The van der Waals surface area contributed by atoms with Gasteiger partial charge in [0.2, 0.25) is 0 Å². The molecule has 2 amide bonds. The Balaban J connectivity index is 1.30. The summed E-state index contributed by atoms with van der Waals surface area (Å²) in [6, 6.07) is 10.2. The minimum atomic E-state index is -0.663. The van der Waals surface area contributed by atoms with E-state index >= 15 is 0 Å². The Morgan fingerprint density at radius 1 is 1.16 bits per heavy atom. The highest BCUT2D eigenvalue weighted by Crippen LogP contribution is 2.47. The predicted molar refractivity (Wildman–Crippen MR) is 170 cm³/mol. The van der Waals surface area contributed by atoms with Crippen molar-refractivity contribution in [2.75, 3.05) is 31.5 Å².